The Labute approximate surface area is 234 Å². The summed E-state index contributed by atoms with van der Waals surface area (Å²) in [5.74, 6) is 0.541. The van der Waals surface area contributed by atoms with E-state index in [0.717, 1.165) is 51.7 Å². The molecular formula is C37H30N2O. The minimum atomic E-state index is 0.541. The van der Waals surface area contributed by atoms with Crippen molar-refractivity contribution in [3.63, 3.8) is 0 Å². The Morgan fingerprint density at radius 2 is 1.52 bits per heavy atom. The highest BCUT2D eigenvalue weighted by molar-refractivity contribution is 6.09. The molecule has 7 aromatic rings. The Hall–Kier alpha value is -4.76. The summed E-state index contributed by atoms with van der Waals surface area (Å²) in [5.41, 5.74) is 9.88. The van der Waals surface area contributed by atoms with Crippen molar-refractivity contribution >= 4 is 32.6 Å². The van der Waals surface area contributed by atoms with Crippen molar-refractivity contribution in [1.82, 2.24) is 9.97 Å². The van der Waals surface area contributed by atoms with E-state index in [1.165, 1.54) is 33.0 Å². The van der Waals surface area contributed by atoms with Crippen LogP contribution in [0.15, 0.2) is 120 Å². The van der Waals surface area contributed by atoms with Crippen LogP contribution < -0.4 is 0 Å². The lowest BCUT2D eigenvalue weighted by Crippen LogP contribution is -1.98. The van der Waals surface area contributed by atoms with Crippen LogP contribution in [-0.4, -0.2) is 9.97 Å². The third kappa shape index (κ3) is 4.65. The van der Waals surface area contributed by atoms with Gasteiger partial charge in [-0.25, -0.2) is 4.98 Å². The van der Waals surface area contributed by atoms with Gasteiger partial charge in [0.05, 0.1) is 12.0 Å². The molecule has 0 aliphatic rings. The van der Waals surface area contributed by atoms with Crippen LogP contribution in [0.5, 0.6) is 0 Å². The third-order valence-corrected chi connectivity index (χ3v) is 7.59. The van der Waals surface area contributed by atoms with Crippen molar-refractivity contribution in [2.75, 3.05) is 0 Å². The number of pyridine rings is 2. The average molecular weight is 519 g/mol. The fraction of sp³-hybridized carbons (Fsp3) is 0.135. The van der Waals surface area contributed by atoms with Crippen LogP contribution in [0.2, 0.25) is 0 Å². The molecule has 3 heterocycles. The van der Waals surface area contributed by atoms with Crippen LogP contribution >= 0.6 is 0 Å². The largest absolute Gasteiger partial charge is 0.462 e. The molecule has 194 valence electrons. The quantitative estimate of drug-likeness (QED) is 0.220. The van der Waals surface area contributed by atoms with Gasteiger partial charge in [-0.3, -0.25) is 4.98 Å². The molecule has 0 aliphatic heterocycles. The van der Waals surface area contributed by atoms with Crippen molar-refractivity contribution in [2.45, 2.75) is 26.7 Å². The number of furan rings is 1. The molecule has 0 bridgehead atoms. The normalized spacial score (nSPS) is 11.7. The van der Waals surface area contributed by atoms with Gasteiger partial charge < -0.3 is 4.42 Å². The number of rotatable bonds is 6. The molecule has 4 aromatic carbocycles. The lowest BCUT2D eigenvalue weighted by molar-refractivity contribution is 0.616. The average Bonchev–Trinajstić information content (AvgIpc) is 3.46. The standard InChI is InChI=1S/C37H30N2O/c1-24(2)18-32-12-13-33-34(23-31-15-17-40-37(31)36(33)39-32)35-21-26(14-16-38-35)19-25-8-9-30-22-29(11-10-28(30)20-25)27-6-4-3-5-7-27/h3-17,20-24H,18-19H2,1-2H3. The van der Waals surface area contributed by atoms with E-state index in [9.17, 15) is 0 Å². The summed E-state index contributed by atoms with van der Waals surface area (Å²) >= 11 is 0. The molecule has 3 heteroatoms. The fourth-order valence-electron chi connectivity index (χ4n) is 5.67. The van der Waals surface area contributed by atoms with Crippen molar-refractivity contribution in [1.29, 1.82) is 0 Å². The maximum atomic E-state index is 5.87. The van der Waals surface area contributed by atoms with Crippen molar-refractivity contribution < 1.29 is 4.42 Å². The number of nitrogens with zero attached hydrogens (tertiary/aromatic N) is 2. The van der Waals surface area contributed by atoms with E-state index in [0.29, 0.717) is 5.92 Å². The zero-order valence-corrected chi connectivity index (χ0v) is 22.8. The van der Waals surface area contributed by atoms with Crippen LogP contribution in [0.3, 0.4) is 0 Å². The van der Waals surface area contributed by atoms with Gasteiger partial charge in [-0.2, -0.15) is 0 Å². The first-order chi connectivity index (χ1) is 19.6. The molecule has 0 amide bonds. The molecule has 0 N–H and O–H groups in total. The lowest BCUT2D eigenvalue weighted by atomic mass is 9.96. The highest BCUT2D eigenvalue weighted by atomic mass is 16.3. The summed E-state index contributed by atoms with van der Waals surface area (Å²) in [4.78, 5) is 9.82. The van der Waals surface area contributed by atoms with E-state index in [2.05, 4.69) is 111 Å². The van der Waals surface area contributed by atoms with Gasteiger partial charge in [0.1, 0.15) is 5.52 Å². The van der Waals surface area contributed by atoms with Gasteiger partial charge >= 0.3 is 0 Å². The maximum absolute atomic E-state index is 5.87. The summed E-state index contributed by atoms with van der Waals surface area (Å²) in [5, 5.41) is 4.63. The SMILES string of the molecule is CC(C)Cc1ccc2c(-c3cc(Cc4ccc5cc(-c6ccccc6)ccc5c4)ccn3)cc3ccoc3c2n1. The van der Waals surface area contributed by atoms with E-state index in [-0.39, 0.29) is 0 Å². The molecule has 0 fully saturated rings. The Bertz CT molecular complexity index is 1990. The number of benzene rings is 4. The minimum absolute atomic E-state index is 0.541. The van der Waals surface area contributed by atoms with Gasteiger partial charge in [0.15, 0.2) is 5.58 Å². The van der Waals surface area contributed by atoms with Gasteiger partial charge in [0, 0.05) is 28.2 Å². The molecule has 0 atom stereocenters. The van der Waals surface area contributed by atoms with Crippen molar-refractivity contribution in [3.05, 3.63) is 132 Å². The van der Waals surface area contributed by atoms with Gasteiger partial charge in [-0.05, 0) is 88.2 Å². The molecule has 40 heavy (non-hydrogen) atoms. The molecule has 0 unspecified atom stereocenters. The van der Waals surface area contributed by atoms with E-state index >= 15 is 0 Å². The summed E-state index contributed by atoms with van der Waals surface area (Å²) in [6.07, 6.45) is 5.45. The number of hydrogen-bond donors (Lipinski definition) is 0. The van der Waals surface area contributed by atoms with Crippen LogP contribution in [0.4, 0.5) is 0 Å². The smallest absolute Gasteiger partial charge is 0.160 e. The molecule has 3 aromatic heterocycles. The zero-order chi connectivity index (χ0) is 27.1. The second kappa shape index (κ2) is 10.1. The molecule has 0 aliphatic carbocycles. The van der Waals surface area contributed by atoms with Gasteiger partial charge in [-0.15, -0.1) is 0 Å². The van der Waals surface area contributed by atoms with Gasteiger partial charge in [-0.1, -0.05) is 80.6 Å². The summed E-state index contributed by atoms with van der Waals surface area (Å²) in [6.45, 7) is 4.44. The molecule has 0 saturated carbocycles. The first-order valence-electron chi connectivity index (χ1n) is 13.9. The molecule has 7 rings (SSSR count). The van der Waals surface area contributed by atoms with Crippen LogP contribution in [0, 0.1) is 5.92 Å². The Balaban J connectivity index is 1.23. The second-order valence-corrected chi connectivity index (χ2v) is 11.0. The Kier molecular flexibility index (Phi) is 6.13. The number of aromatic nitrogens is 2. The molecule has 3 nitrogen and oxygen atoms in total. The van der Waals surface area contributed by atoms with Crippen molar-refractivity contribution in [3.8, 4) is 22.4 Å². The van der Waals surface area contributed by atoms with E-state index in [1.807, 2.05) is 12.3 Å². The first-order valence-corrected chi connectivity index (χ1v) is 13.9. The molecule has 0 radical (unpaired) electrons. The molecule has 0 spiro atoms. The zero-order valence-electron chi connectivity index (χ0n) is 22.8. The third-order valence-electron chi connectivity index (χ3n) is 7.59. The maximum Gasteiger partial charge on any atom is 0.160 e. The minimum Gasteiger partial charge on any atom is -0.462 e. The van der Waals surface area contributed by atoms with Crippen molar-refractivity contribution in [2.24, 2.45) is 5.92 Å². The number of hydrogen-bond acceptors (Lipinski definition) is 3. The Morgan fingerprint density at radius 3 is 2.40 bits per heavy atom. The first kappa shape index (κ1) is 24.3. The van der Waals surface area contributed by atoms with Crippen LogP contribution in [0.1, 0.15) is 30.7 Å². The summed E-state index contributed by atoms with van der Waals surface area (Å²) in [6, 6.07) is 36.9. The monoisotopic (exact) mass is 518 g/mol. The van der Waals surface area contributed by atoms with Crippen LogP contribution in [0.25, 0.3) is 55.0 Å². The molecular weight excluding hydrogens is 488 g/mol. The highest BCUT2D eigenvalue weighted by Gasteiger charge is 2.15. The lowest BCUT2D eigenvalue weighted by Gasteiger charge is -2.11. The van der Waals surface area contributed by atoms with E-state index in [4.69, 9.17) is 14.4 Å². The highest BCUT2D eigenvalue weighted by Crippen LogP contribution is 2.35. The Morgan fingerprint density at radius 1 is 0.700 bits per heavy atom. The number of fused-ring (bicyclic) bond motifs is 4. The van der Waals surface area contributed by atoms with E-state index < -0.39 is 0 Å². The molecule has 0 saturated heterocycles. The van der Waals surface area contributed by atoms with E-state index in [1.54, 1.807) is 6.26 Å². The van der Waals surface area contributed by atoms with Gasteiger partial charge in [0.2, 0.25) is 0 Å². The van der Waals surface area contributed by atoms with Gasteiger partial charge in [0.25, 0.3) is 0 Å². The summed E-state index contributed by atoms with van der Waals surface area (Å²) in [7, 11) is 0. The second-order valence-electron chi connectivity index (χ2n) is 11.0. The fourth-order valence-corrected chi connectivity index (χ4v) is 5.67. The predicted octanol–water partition coefficient (Wildman–Crippen LogP) is 9.65. The predicted molar refractivity (Wildman–Crippen MR) is 165 cm³/mol. The van der Waals surface area contributed by atoms with Crippen LogP contribution in [-0.2, 0) is 12.8 Å². The topological polar surface area (TPSA) is 38.9 Å². The summed E-state index contributed by atoms with van der Waals surface area (Å²) < 4.78 is 5.87.